The Morgan fingerprint density at radius 1 is 1.11 bits per heavy atom. The first kappa shape index (κ1) is 14.1. The van der Waals surface area contributed by atoms with E-state index in [-0.39, 0.29) is 20.1 Å². The van der Waals surface area contributed by atoms with Gasteiger partial charge < -0.3 is 9.47 Å². The van der Waals surface area contributed by atoms with Gasteiger partial charge in [-0.25, -0.2) is 9.36 Å². The molecule has 1 rings (SSSR count). The molecule has 1 aromatic heterocycles. The largest absolute Gasteiger partial charge is 0.357 e. The fraction of sp³-hybridized carbons (Fsp3) is 0.333. The lowest BCUT2D eigenvalue weighted by atomic mass is 10.6. The average Bonchev–Trinajstić information content (AvgIpc) is 2.36. The minimum absolute atomic E-state index is 0.0621. The van der Waals surface area contributed by atoms with Gasteiger partial charge in [0.15, 0.2) is 0 Å². The molecular formula is C12H16N2O4. The minimum Gasteiger partial charge on any atom is -0.357 e. The van der Waals surface area contributed by atoms with E-state index in [4.69, 9.17) is 9.47 Å². The summed E-state index contributed by atoms with van der Waals surface area (Å²) in [5.74, 6) is 0. The van der Waals surface area contributed by atoms with Gasteiger partial charge in [0.25, 0.3) is 5.56 Å². The molecule has 0 saturated carbocycles. The van der Waals surface area contributed by atoms with Crippen molar-refractivity contribution >= 4 is 0 Å². The van der Waals surface area contributed by atoms with Gasteiger partial charge in [-0.2, -0.15) is 0 Å². The van der Waals surface area contributed by atoms with Crippen molar-refractivity contribution in [1.82, 2.24) is 9.13 Å². The molecule has 0 spiro atoms. The summed E-state index contributed by atoms with van der Waals surface area (Å²) in [5, 5.41) is 0. The molecule has 0 saturated heterocycles. The summed E-state index contributed by atoms with van der Waals surface area (Å²) in [6.07, 6.45) is 4.51. The summed E-state index contributed by atoms with van der Waals surface area (Å²) in [6, 6.07) is 1.29. The molecule has 6 nitrogen and oxygen atoms in total. The monoisotopic (exact) mass is 252 g/mol. The molecule has 98 valence electrons. The van der Waals surface area contributed by atoms with Crippen LogP contribution in [0.25, 0.3) is 0 Å². The van der Waals surface area contributed by atoms with Gasteiger partial charge in [-0.15, -0.1) is 13.2 Å². The number of hydrogen-bond acceptors (Lipinski definition) is 4. The van der Waals surface area contributed by atoms with E-state index in [1.54, 1.807) is 12.2 Å². The number of hydrogen-bond donors (Lipinski definition) is 0. The average molecular weight is 252 g/mol. The Morgan fingerprint density at radius 3 is 2.33 bits per heavy atom. The third-order valence-electron chi connectivity index (χ3n) is 2.06. The van der Waals surface area contributed by atoms with Gasteiger partial charge in [0, 0.05) is 12.3 Å². The van der Waals surface area contributed by atoms with E-state index in [9.17, 15) is 9.59 Å². The summed E-state index contributed by atoms with van der Waals surface area (Å²) in [5.41, 5.74) is -0.889. The van der Waals surface area contributed by atoms with Gasteiger partial charge in [-0.05, 0) is 0 Å². The Hall–Kier alpha value is -1.92. The molecule has 18 heavy (non-hydrogen) atoms. The quantitative estimate of drug-likeness (QED) is 0.494. The highest BCUT2D eigenvalue weighted by Gasteiger charge is 2.04. The van der Waals surface area contributed by atoms with Gasteiger partial charge in [0.05, 0.1) is 13.2 Å². The van der Waals surface area contributed by atoms with Gasteiger partial charge in [-0.1, -0.05) is 12.2 Å². The molecule has 6 heteroatoms. The maximum absolute atomic E-state index is 11.9. The lowest BCUT2D eigenvalue weighted by Gasteiger charge is -2.09. The third kappa shape index (κ3) is 3.83. The molecule has 0 aliphatic heterocycles. The molecule has 0 atom stereocenters. The SMILES string of the molecule is C=CCOCn1ccc(=O)n(COCC=C)c1=O. The van der Waals surface area contributed by atoms with Crippen molar-refractivity contribution in [1.29, 1.82) is 0 Å². The number of rotatable bonds is 8. The van der Waals surface area contributed by atoms with Crippen LogP contribution in [0.4, 0.5) is 0 Å². The fourth-order valence-corrected chi connectivity index (χ4v) is 1.24. The molecule has 1 aromatic rings. The normalized spacial score (nSPS) is 10.2. The Balaban J connectivity index is 2.85. The highest BCUT2D eigenvalue weighted by Crippen LogP contribution is 1.84. The first-order valence-electron chi connectivity index (χ1n) is 5.38. The van der Waals surface area contributed by atoms with Crippen LogP contribution in [0.1, 0.15) is 0 Å². The highest BCUT2D eigenvalue weighted by atomic mass is 16.5. The van der Waals surface area contributed by atoms with Crippen molar-refractivity contribution in [2.75, 3.05) is 13.2 Å². The molecule has 1 heterocycles. The first-order chi connectivity index (χ1) is 8.70. The summed E-state index contributed by atoms with van der Waals surface area (Å²) >= 11 is 0. The van der Waals surface area contributed by atoms with Crippen LogP contribution in [0, 0.1) is 0 Å². The maximum Gasteiger partial charge on any atom is 0.334 e. The van der Waals surface area contributed by atoms with Gasteiger partial charge in [0.2, 0.25) is 0 Å². The Morgan fingerprint density at radius 2 is 1.72 bits per heavy atom. The van der Waals surface area contributed by atoms with Crippen LogP contribution in [-0.2, 0) is 22.9 Å². The lowest BCUT2D eigenvalue weighted by molar-refractivity contribution is 0.0775. The van der Waals surface area contributed by atoms with Crippen molar-refractivity contribution in [3.05, 3.63) is 58.4 Å². The standard InChI is InChI=1S/C12H16N2O4/c1-3-7-17-9-13-6-5-11(15)14(12(13)16)10-18-8-4-2/h3-6H,1-2,7-10H2. The van der Waals surface area contributed by atoms with Gasteiger partial charge in [0.1, 0.15) is 13.5 Å². The van der Waals surface area contributed by atoms with E-state index in [2.05, 4.69) is 13.2 Å². The van der Waals surface area contributed by atoms with E-state index < -0.39 is 11.2 Å². The van der Waals surface area contributed by atoms with Crippen LogP contribution >= 0.6 is 0 Å². The predicted molar refractivity (Wildman–Crippen MR) is 67.3 cm³/mol. The highest BCUT2D eigenvalue weighted by molar-refractivity contribution is 4.85. The zero-order valence-electron chi connectivity index (χ0n) is 10.1. The van der Waals surface area contributed by atoms with Crippen LogP contribution in [0.2, 0.25) is 0 Å². The summed E-state index contributed by atoms with van der Waals surface area (Å²) in [7, 11) is 0. The summed E-state index contributed by atoms with van der Waals surface area (Å²) < 4.78 is 12.5. The molecule has 0 aromatic carbocycles. The second-order valence-electron chi connectivity index (χ2n) is 3.41. The van der Waals surface area contributed by atoms with Crippen LogP contribution in [0.3, 0.4) is 0 Å². The number of nitrogens with zero attached hydrogens (tertiary/aromatic N) is 2. The second-order valence-corrected chi connectivity index (χ2v) is 3.41. The molecular weight excluding hydrogens is 236 g/mol. The lowest BCUT2D eigenvalue weighted by Crippen LogP contribution is -2.39. The molecule has 0 unspecified atom stereocenters. The Kier molecular flexibility index (Phi) is 5.83. The molecule has 0 amide bonds. The Labute approximate surface area is 104 Å². The zero-order chi connectivity index (χ0) is 13.4. The topological polar surface area (TPSA) is 62.5 Å². The predicted octanol–water partition coefficient (Wildman–Crippen LogP) is 0.330. The van der Waals surface area contributed by atoms with E-state index in [1.807, 2.05) is 0 Å². The zero-order valence-corrected chi connectivity index (χ0v) is 10.1. The van der Waals surface area contributed by atoms with Crippen LogP contribution < -0.4 is 11.2 Å². The van der Waals surface area contributed by atoms with Crippen LogP contribution in [0.15, 0.2) is 47.2 Å². The Bertz CT molecular complexity index is 516. The third-order valence-corrected chi connectivity index (χ3v) is 2.06. The number of ether oxygens (including phenoxy) is 2. The van der Waals surface area contributed by atoms with Crippen molar-refractivity contribution in [3.8, 4) is 0 Å². The fourth-order valence-electron chi connectivity index (χ4n) is 1.24. The summed E-state index contributed by atoms with van der Waals surface area (Å²) in [6.45, 7) is 7.54. The van der Waals surface area contributed by atoms with Gasteiger partial charge >= 0.3 is 5.69 Å². The van der Waals surface area contributed by atoms with Crippen molar-refractivity contribution in [2.45, 2.75) is 13.5 Å². The van der Waals surface area contributed by atoms with Crippen molar-refractivity contribution in [3.63, 3.8) is 0 Å². The number of aromatic nitrogens is 2. The summed E-state index contributed by atoms with van der Waals surface area (Å²) in [4.78, 5) is 23.4. The van der Waals surface area contributed by atoms with Crippen LogP contribution in [-0.4, -0.2) is 22.3 Å². The minimum atomic E-state index is -0.476. The van der Waals surface area contributed by atoms with E-state index in [1.165, 1.54) is 16.8 Å². The van der Waals surface area contributed by atoms with Crippen LogP contribution in [0.5, 0.6) is 0 Å². The smallest absolute Gasteiger partial charge is 0.334 e. The molecule has 0 bridgehead atoms. The molecule has 0 N–H and O–H groups in total. The van der Waals surface area contributed by atoms with Crippen molar-refractivity contribution in [2.24, 2.45) is 0 Å². The maximum atomic E-state index is 11.9. The van der Waals surface area contributed by atoms with E-state index >= 15 is 0 Å². The molecule has 0 radical (unpaired) electrons. The second kappa shape index (κ2) is 7.41. The van der Waals surface area contributed by atoms with Gasteiger partial charge in [-0.3, -0.25) is 9.36 Å². The molecule has 0 aliphatic carbocycles. The van der Waals surface area contributed by atoms with E-state index in [0.29, 0.717) is 6.61 Å². The molecule has 0 fully saturated rings. The molecule has 0 aliphatic rings. The van der Waals surface area contributed by atoms with E-state index in [0.717, 1.165) is 4.57 Å². The van der Waals surface area contributed by atoms with Crippen molar-refractivity contribution < 1.29 is 9.47 Å². The first-order valence-corrected chi connectivity index (χ1v) is 5.38.